The molecule has 1 atom stereocenters. The lowest BCUT2D eigenvalue weighted by Crippen LogP contribution is -2.38. The molecule has 0 spiro atoms. The van der Waals surface area contributed by atoms with Gasteiger partial charge in [0, 0.05) is 30.7 Å². The molecular weight excluding hydrogens is 304 g/mol. The standard InChI is InChI=1S/C15H23BrN2O/c1-19-14-6-9-18(10-7-14)11-8-15(17)12-2-4-13(16)5-3-12/h2-5,14-15H,6-11,17H2,1H3. The normalized spacial score (nSPS) is 19.5. The Kier molecular flexibility index (Phi) is 5.82. The van der Waals surface area contributed by atoms with Crippen LogP contribution in [0.5, 0.6) is 0 Å². The van der Waals surface area contributed by atoms with Gasteiger partial charge in [-0.2, -0.15) is 0 Å². The Labute approximate surface area is 124 Å². The first-order chi connectivity index (χ1) is 9.19. The van der Waals surface area contributed by atoms with Crippen LogP contribution in [0, 0.1) is 0 Å². The average molecular weight is 327 g/mol. The van der Waals surface area contributed by atoms with E-state index >= 15 is 0 Å². The van der Waals surface area contributed by atoms with Gasteiger partial charge in [-0.1, -0.05) is 28.1 Å². The molecule has 1 fully saturated rings. The molecule has 1 aliphatic rings. The Balaban J connectivity index is 1.75. The molecule has 2 N–H and O–H groups in total. The Morgan fingerprint density at radius 1 is 1.32 bits per heavy atom. The van der Waals surface area contributed by atoms with Crippen molar-refractivity contribution in [2.24, 2.45) is 5.73 Å². The maximum Gasteiger partial charge on any atom is 0.0595 e. The molecule has 4 heteroatoms. The summed E-state index contributed by atoms with van der Waals surface area (Å²) >= 11 is 3.45. The van der Waals surface area contributed by atoms with Gasteiger partial charge in [0.05, 0.1) is 6.10 Å². The number of likely N-dealkylation sites (tertiary alicyclic amines) is 1. The maximum absolute atomic E-state index is 6.25. The Morgan fingerprint density at radius 3 is 2.53 bits per heavy atom. The minimum atomic E-state index is 0.133. The number of ether oxygens (including phenoxy) is 1. The van der Waals surface area contributed by atoms with Crippen LogP contribution in [-0.2, 0) is 4.74 Å². The van der Waals surface area contributed by atoms with Gasteiger partial charge in [0.15, 0.2) is 0 Å². The van der Waals surface area contributed by atoms with E-state index in [0.29, 0.717) is 6.10 Å². The molecule has 0 aromatic heterocycles. The predicted molar refractivity (Wildman–Crippen MR) is 82.2 cm³/mol. The summed E-state index contributed by atoms with van der Waals surface area (Å²) in [6, 6.07) is 8.45. The SMILES string of the molecule is COC1CCN(CCC(N)c2ccc(Br)cc2)CC1. The van der Waals surface area contributed by atoms with Crippen LogP contribution in [0.4, 0.5) is 0 Å². The molecule has 1 unspecified atom stereocenters. The van der Waals surface area contributed by atoms with Crippen LogP contribution in [0.3, 0.4) is 0 Å². The lowest BCUT2D eigenvalue weighted by Gasteiger charge is -2.31. The van der Waals surface area contributed by atoms with Gasteiger partial charge in [0.1, 0.15) is 0 Å². The van der Waals surface area contributed by atoms with Gasteiger partial charge in [0.25, 0.3) is 0 Å². The number of rotatable bonds is 5. The van der Waals surface area contributed by atoms with Gasteiger partial charge in [-0.3, -0.25) is 0 Å². The van der Waals surface area contributed by atoms with Crippen molar-refractivity contribution in [3.63, 3.8) is 0 Å². The van der Waals surface area contributed by atoms with Gasteiger partial charge < -0.3 is 15.4 Å². The van der Waals surface area contributed by atoms with Crippen LogP contribution >= 0.6 is 15.9 Å². The largest absolute Gasteiger partial charge is 0.381 e. The van der Waals surface area contributed by atoms with E-state index in [1.54, 1.807) is 0 Å². The molecular formula is C15H23BrN2O. The molecule has 106 valence electrons. The van der Waals surface area contributed by atoms with Crippen LogP contribution < -0.4 is 5.73 Å². The molecule has 1 saturated heterocycles. The second-order valence-electron chi connectivity index (χ2n) is 5.22. The molecule has 2 rings (SSSR count). The third-order valence-electron chi connectivity index (χ3n) is 3.92. The van der Waals surface area contributed by atoms with Gasteiger partial charge in [0.2, 0.25) is 0 Å². The zero-order chi connectivity index (χ0) is 13.7. The topological polar surface area (TPSA) is 38.5 Å². The highest BCUT2D eigenvalue weighted by Crippen LogP contribution is 2.19. The predicted octanol–water partition coefficient (Wildman–Crippen LogP) is 2.95. The third-order valence-corrected chi connectivity index (χ3v) is 4.45. The molecule has 1 aromatic carbocycles. The van der Waals surface area contributed by atoms with E-state index in [1.165, 1.54) is 5.56 Å². The summed E-state index contributed by atoms with van der Waals surface area (Å²) in [5, 5.41) is 0. The molecule has 1 heterocycles. The zero-order valence-electron chi connectivity index (χ0n) is 11.5. The molecule has 1 aliphatic heterocycles. The fraction of sp³-hybridized carbons (Fsp3) is 0.600. The Morgan fingerprint density at radius 2 is 1.95 bits per heavy atom. The Bertz CT molecular complexity index is 374. The summed E-state index contributed by atoms with van der Waals surface area (Å²) in [6.07, 6.45) is 3.75. The first-order valence-electron chi connectivity index (χ1n) is 6.95. The third kappa shape index (κ3) is 4.56. The molecule has 0 bridgehead atoms. The van der Waals surface area contributed by atoms with Crippen LogP contribution in [0.25, 0.3) is 0 Å². The van der Waals surface area contributed by atoms with Crippen molar-refractivity contribution in [1.29, 1.82) is 0 Å². The van der Waals surface area contributed by atoms with Gasteiger partial charge in [-0.15, -0.1) is 0 Å². The second-order valence-corrected chi connectivity index (χ2v) is 6.14. The highest BCUT2D eigenvalue weighted by atomic mass is 79.9. The van der Waals surface area contributed by atoms with Crippen LogP contribution in [-0.4, -0.2) is 37.7 Å². The number of benzene rings is 1. The minimum absolute atomic E-state index is 0.133. The molecule has 3 nitrogen and oxygen atoms in total. The molecule has 1 aromatic rings. The maximum atomic E-state index is 6.25. The number of nitrogens with two attached hydrogens (primary N) is 1. The summed E-state index contributed by atoms with van der Waals surface area (Å²) < 4.78 is 6.49. The van der Waals surface area contributed by atoms with Crippen molar-refractivity contribution >= 4 is 15.9 Å². The van der Waals surface area contributed by atoms with E-state index in [0.717, 1.165) is 43.4 Å². The monoisotopic (exact) mass is 326 g/mol. The Hall–Kier alpha value is -0.420. The van der Waals surface area contributed by atoms with Crippen LogP contribution in [0.2, 0.25) is 0 Å². The number of hydrogen-bond acceptors (Lipinski definition) is 3. The average Bonchev–Trinajstić information content (AvgIpc) is 2.46. The van der Waals surface area contributed by atoms with Crippen molar-refractivity contribution < 1.29 is 4.74 Å². The van der Waals surface area contributed by atoms with Gasteiger partial charge in [-0.25, -0.2) is 0 Å². The molecule has 19 heavy (non-hydrogen) atoms. The number of methoxy groups -OCH3 is 1. The second kappa shape index (κ2) is 7.39. The van der Waals surface area contributed by atoms with E-state index in [2.05, 4.69) is 45.1 Å². The summed E-state index contributed by atoms with van der Waals surface area (Å²) in [5.41, 5.74) is 7.47. The molecule has 0 aliphatic carbocycles. The van der Waals surface area contributed by atoms with Crippen LogP contribution in [0.15, 0.2) is 28.7 Å². The minimum Gasteiger partial charge on any atom is -0.381 e. The molecule has 0 saturated carbocycles. The first kappa shape index (κ1) is 15.0. The lowest BCUT2D eigenvalue weighted by atomic mass is 10.0. The highest BCUT2D eigenvalue weighted by molar-refractivity contribution is 9.10. The van der Waals surface area contributed by atoms with Gasteiger partial charge in [-0.05, 0) is 43.5 Å². The van der Waals surface area contributed by atoms with Crippen molar-refractivity contribution in [3.05, 3.63) is 34.3 Å². The fourth-order valence-electron chi connectivity index (χ4n) is 2.57. The van der Waals surface area contributed by atoms with E-state index in [9.17, 15) is 0 Å². The molecule has 0 radical (unpaired) electrons. The lowest BCUT2D eigenvalue weighted by molar-refractivity contribution is 0.0404. The quantitative estimate of drug-likeness (QED) is 0.904. The van der Waals surface area contributed by atoms with Crippen molar-refractivity contribution in [3.8, 4) is 0 Å². The number of piperidine rings is 1. The zero-order valence-corrected chi connectivity index (χ0v) is 13.1. The van der Waals surface area contributed by atoms with E-state index in [1.807, 2.05) is 7.11 Å². The van der Waals surface area contributed by atoms with Crippen LogP contribution in [0.1, 0.15) is 30.9 Å². The van der Waals surface area contributed by atoms with E-state index in [-0.39, 0.29) is 6.04 Å². The summed E-state index contributed by atoms with van der Waals surface area (Å²) in [4.78, 5) is 2.49. The van der Waals surface area contributed by atoms with Crippen molar-refractivity contribution in [2.45, 2.75) is 31.4 Å². The fourth-order valence-corrected chi connectivity index (χ4v) is 2.83. The summed E-state index contributed by atoms with van der Waals surface area (Å²) in [7, 11) is 1.81. The van der Waals surface area contributed by atoms with Crippen molar-refractivity contribution in [1.82, 2.24) is 4.90 Å². The van der Waals surface area contributed by atoms with Gasteiger partial charge >= 0.3 is 0 Å². The number of hydrogen-bond donors (Lipinski definition) is 1. The highest BCUT2D eigenvalue weighted by Gasteiger charge is 2.19. The molecule has 0 amide bonds. The number of nitrogens with zero attached hydrogens (tertiary/aromatic N) is 1. The van der Waals surface area contributed by atoms with Crippen molar-refractivity contribution in [2.75, 3.05) is 26.7 Å². The van der Waals surface area contributed by atoms with E-state index < -0.39 is 0 Å². The first-order valence-corrected chi connectivity index (χ1v) is 7.74. The van der Waals surface area contributed by atoms with E-state index in [4.69, 9.17) is 10.5 Å². The smallest absolute Gasteiger partial charge is 0.0595 e. The summed E-state index contributed by atoms with van der Waals surface area (Å²) in [5.74, 6) is 0. The number of halogens is 1. The summed E-state index contributed by atoms with van der Waals surface area (Å²) in [6.45, 7) is 3.34.